The van der Waals surface area contributed by atoms with Crippen LogP contribution < -0.4 is 5.32 Å². The SMILES string of the molecule is CCC(CC)(CNCc1cc(C#N)n(C)c1)SC. The molecule has 3 nitrogen and oxygen atoms in total. The summed E-state index contributed by atoms with van der Waals surface area (Å²) in [5, 5.41) is 12.4. The zero-order valence-corrected chi connectivity index (χ0v) is 12.6. The van der Waals surface area contributed by atoms with Crippen LogP contribution in [0.15, 0.2) is 12.3 Å². The molecule has 1 N–H and O–H groups in total. The van der Waals surface area contributed by atoms with E-state index in [9.17, 15) is 0 Å². The highest BCUT2D eigenvalue weighted by molar-refractivity contribution is 8.00. The molecule has 100 valence electrons. The van der Waals surface area contributed by atoms with Gasteiger partial charge in [0.25, 0.3) is 0 Å². The van der Waals surface area contributed by atoms with Crippen LogP contribution in [0.2, 0.25) is 0 Å². The van der Waals surface area contributed by atoms with Crippen molar-refractivity contribution in [1.82, 2.24) is 9.88 Å². The van der Waals surface area contributed by atoms with E-state index in [0.29, 0.717) is 10.4 Å². The van der Waals surface area contributed by atoms with Gasteiger partial charge in [-0.3, -0.25) is 0 Å². The standard InChI is InChI=1S/C14H23N3S/c1-5-14(6-2,18-4)11-16-9-12-7-13(8-15)17(3)10-12/h7,10,16H,5-6,9,11H2,1-4H3. The Hall–Kier alpha value is -0.920. The highest BCUT2D eigenvalue weighted by Crippen LogP contribution is 2.29. The fourth-order valence-corrected chi connectivity index (χ4v) is 2.96. The predicted molar refractivity (Wildman–Crippen MR) is 78.7 cm³/mol. The third-order valence-electron chi connectivity index (χ3n) is 3.67. The molecule has 1 heterocycles. The number of aryl methyl sites for hydroxylation is 1. The molecule has 0 saturated carbocycles. The number of thioether (sulfide) groups is 1. The van der Waals surface area contributed by atoms with Crippen molar-refractivity contribution in [2.75, 3.05) is 12.8 Å². The van der Waals surface area contributed by atoms with Crippen molar-refractivity contribution in [2.24, 2.45) is 7.05 Å². The molecule has 1 aromatic rings. The van der Waals surface area contributed by atoms with Gasteiger partial charge in [-0.05, 0) is 30.7 Å². The fraction of sp³-hybridized carbons (Fsp3) is 0.643. The van der Waals surface area contributed by atoms with Crippen LogP contribution in [0.5, 0.6) is 0 Å². The van der Waals surface area contributed by atoms with Crippen molar-refractivity contribution in [3.8, 4) is 6.07 Å². The van der Waals surface area contributed by atoms with E-state index < -0.39 is 0 Å². The summed E-state index contributed by atoms with van der Waals surface area (Å²) in [6.07, 6.45) is 6.56. The Morgan fingerprint density at radius 1 is 1.44 bits per heavy atom. The van der Waals surface area contributed by atoms with Crippen LogP contribution in [-0.2, 0) is 13.6 Å². The first kappa shape index (κ1) is 15.1. The lowest BCUT2D eigenvalue weighted by Gasteiger charge is -2.29. The van der Waals surface area contributed by atoms with E-state index in [4.69, 9.17) is 5.26 Å². The average Bonchev–Trinajstić information content (AvgIpc) is 2.76. The quantitative estimate of drug-likeness (QED) is 0.824. The molecule has 4 heteroatoms. The Morgan fingerprint density at radius 3 is 2.56 bits per heavy atom. The molecule has 0 amide bonds. The average molecular weight is 265 g/mol. The topological polar surface area (TPSA) is 40.8 Å². The van der Waals surface area contributed by atoms with Gasteiger partial charge in [0.05, 0.1) is 0 Å². The Bertz CT molecular complexity index is 405. The minimum Gasteiger partial charge on any atom is -0.342 e. The number of nitriles is 1. The van der Waals surface area contributed by atoms with Gasteiger partial charge >= 0.3 is 0 Å². The van der Waals surface area contributed by atoms with Gasteiger partial charge in [-0.25, -0.2) is 0 Å². The third-order valence-corrected chi connectivity index (χ3v) is 5.26. The van der Waals surface area contributed by atoms with E-state index in [1.165, 1.54) is 18.4 Å². The number of hydrogen-bond donors (Lipinski definition) is 1. The zero-order valence-electron chi connectivity index (χ0n) is 11.8. The first-order valence-corrected chi connectivity index (χ1v) is 7.64. The summed E-state index contributed by atoms with van der Waals surface area (Å²) >= 11 is 1.95. The number of aromatic nitrogens is 1. The summed E-state index contributed by atoms with van der Waals surface area (Å²) in [5.74, 6) is 0. The van der Waals surface area contributed by atoms with Crippen LogP contribution in [0.4, 0.5) is 0 Å². The summed E-state index contributed by atoms with van der Waals surface area (Å²) in [6, 6.07) is 4.14. The maximum Gasteiger partial charge on any atom is 0.120 e. The van der Waals surface area contributed by atoms with Gasteiger partial charge in [0.15, 0.2) is 0 Å². The lowest BCUT2D eigenvalue weighted by Crippen LogP contribution is -2.36. The molecular weight excluding hydrogens is 242 g/mol. The van der Waals surface area contributed by atoms with E-state index in [-0.39, 0.29) is 0 Å². The molecule has 0 fully saturated rings. The van der Waals surface area contributed by atoms with Crippen molar-refractivity contribution in [3.05, 3.63) is 23.5 Å². The molecule has 1 rings (SSSR count). The van der Waals surface area contributed by atoms with Crippen LogP contribution >= 0.6 is 11.8 Å². The summed E-state index contributed by atoms with van der Waals surface area (Å²) in [7, 11) is 1.91. The molecule has 0 bridgehead atoms. The Balaban J connectivity index is 2.53. The summed E-state index contributed by atoms with van der Waals surface area (Å²) in [4.78, 5) is 0. The highest BCUT2D eigenvalue weighted by Gasteiger charge is 2.23. The molecule has 0 spiro atoms. The molecule has 0 aliphatic rings. The largest absolute Gasteiger partial charge is 0.342 e. The van der Waals surface area contributed by atoms with Crippen molar-refractivity contribution < 1.29 is 0 Å². The van der Waals surface area contributed by atoms with Gasteiger partial charge in [-0.15, -0.1) is 0 Å². The minimum atomic E-state index is 0.340. The normalized spacial score (nSPS) is 11.5. The molecule has 0 aromatic carbocycles. The predicted octanol–water partition coefficient (Wildman–Crippen LogP) is 2.91. The van der Waals surface area contributed by atoms with Crippen molar-refractivity contribution in [3.63, 3.8) is 0 Å². The van der Waals surface area contributed by atoms with E-state index >= 15 is 0 Å². The second-order valence-corrected chi connectivity index (χ2v) is 5.93. The number of rotatable bonds is 7. The minimum absolute atomic E-state index is 0.340. The Labute approximate surface area is 115 Å². The van der Waals surface area contributed by atoms with Gasteiger partial charge in [-0.1, -0.05) is 13.8 Å². The number of nitrogens with one attached hydrogen (secondary N) is 1. The second kappa shape index (κ2) is 6.86. The summed E-state index contributed by atoms with van der Waals surface area (Å²) in [6.45, 7) is 6.34. The first-order valence-electron chi connectivity index (χ1n) is 6.42. The lowest BCUT2D eigenvalue weighted by atomic mass is 10.0. The molecule has 1 aromatic heterocycles. The molecule has 0 saturated heterocycles. The van der Waals surface area contributed by atoms with Crippen LogP contribution in [0.3, 0.4) is 0 Å². The molecular formula is C14H23N3S. The van der Waals surface area contributed by atoms with Crippen LogP contribution in [-0.4, -0.2) is 22.1 Å². The van der Waals surface area contributed by atoms with Gasteiger partial charge in [0.2, 0.25) is 0 Å². The molecule has 0 aliphatic heterocycles. The monoisotopic (exact) mass is 265 g/mol. The third kappa shape index (κ3) is 3.54. The fourth-order valence-electron chi connectivity index (χ4n) is 2.14. The highest BCUT2D eigenvalue weighted by atomic mass is 32.2. The Morgan fingerprint density at radius 2 is 2.11 bits per heavy atom. The number of nitrogens with zero attached hydrogens (tertiary/aromatic N) is 2. The van der Waals surface area contributed by atoms with Crippen LogP contribution in [0.25, 0.3) is 0 Å². The van der Waals surface area contributed by atoms with Crippen molar-refractivity contribution in [2.45, 2.75) is 38.0 Å². The smallest absolute Gasteiger partial charge is 0.120 e. The maximum atomic E-state index is 8.91. The molecule has 0 unspecified atom stereocenters. The molecule has 0 aliphatic carbocycles. The van der Waals surface area contributed by atoms with Gasteiger partial charge in [0.1, 0.15) is 11.8 Å². The van der Waals surface area contributed by atoms with Crippen molar-refractivity contribution in [1.29, 1.82) is 5.26 Å². The first-order chi connectivity index (χ1) is 8.60. The maximum absolute atomic E-state index is 8.91. The van der Waals surface area contributed by atoms with Gasteiger partial charge in [-0.2, -0.15) is 17.0 Å². The van der Waals surface area contributed by atoms with Crippen LogP contribution in [0.1, 0.15) is 37.9 Å². The van der Waals surface area contributed by atoms with Gasteiger partial charge < -0.3 is 9.88 Å². The lowest BCUT2D eigenvalue weighted by molar-refractivity contribution is 0.495. The van der Waals surface area contributed by atoms with E-state index in [1.807, 2.05) is 35.6 Å². The number of hydrogen-bond acceptors (Lipinski definition) is 3. The van der Waals surface area contributed by atoms with Gasteiger partial charge in [0, 0.05) is 31.1 Å². The molecule has 18 heavy (non-hydrogen) atoms. The summed E-state index contributed by atoms with van der Waals surface area (Å²) in [5.41, 5.74) is 1.89. The molecule has 0 radical (unpaired) electrons. The second-order valence-electron chi connectivity index (χ2n) is 4.65. The zero-order chi connectivity index (χ0) is 13.6. The van der Waals surface area contributed by atoms with E-state index in [2.05, 4.69) is 31.5 Å². The van der Waals surface area contributed by atoms with Crippen molar-refractivity contribution >= 4 is 11.8 Å². The van der Waals surface area contributed by atoms with E-state index in [1.54, 1.807) is 0 Å². The Kier molecular flexibility index (Phi) is 5.77. The summed E-state index contributed by atoms with van der Waals surface area (Å²) < 4.78 is 2.21. The van der Waals surface area contributed by atoms with E-state index in [0.717, 1.165) is 13.1 Å². The van der Waals surface area contributed by atoms with Crippen LogP contribution in [0, 0.1) is 11.3 Å². The molecule has 0 atom stereocenters.